The van der Waals surface area contributed by atoms with E-state index in [1.54, 1.807) is 6.20 Å². The van der Waals surface area contributed by atoms with Gasteiger partial charge in [-0.15, -0.1) is 0 Å². The topological polar surface area (TPSA) is 60.5 Å². The van der Waals surface area contributed by atoms with Crippen LogP contribution in [0.2, 0.25) is 0 Å². The molecule has 1 saturated carbocycles. The Kier molecular flexibility index (Phi) is 5.81. The number of rotatable bonds is 8. The van der Waals surface area contributed by atoms with Crippen molar-refractivity contribution in [3.05, 3.63) is 60.3 Å². The molecule has 1 unspecified atom stereocenters. The van der Waals surface area contributed by atoms with Crippen LogP contribution in [0.3, 0.4) is 0 Å². The van der Waals surface area contributed by atoms with Gasteiger partial charge in [-0.3, -0.25) is 4.79 Å². The van der Waals surface area contributed by atoms with Crippen LogP contribution in [0.15, 0.2) is 54.7 Å². The van der Waals surface area contributed by atoms with E-state index in [2.05, 4.69) is 10.3 Å². The molecule has 150 valence electrons. The van der Waals surface area contributed by atoms with Gasteiger partial charge in [0.05, 0.1) is 18.8 Å². The molecule has 5 nitrogen and oxygen atoms in total. The Morgan fingerprint density at radius 2 is 1.83 bits per heavy atom. The molecule has 1 fully saturated rings. The Bertz CT molecular complexity index is 963. The number of hydrogen-bond donors (Lipinski definition) is 1. The van der Waals surface area contributed by atoms with E-state index in [4.69, 9.17) is 9.47 Å². The minimum atomic E-state index is -0.0440. The van der Waals surface area contributed by atoms with Crippen molar-refractivity contribution in [1.29, 1.82) is 0 Å². The number of nitrogens with one attached hydrogen (secondary N) is 1. The molecule has 1 amide bonds. The van der Waals surface area contributed by atoms with Crippen molar-refractivity contribution in [2.24, 2.45) is 5.92 Å². The zero-order valence-corrected chi connectivity index (χ0v) is 17.4. The molecule has 0 aliphatic heterocycles. The van der Waals surface area contributed by atoms with Crippen molar-refractivity contribution in [3.8, 4) is 27.1 Å². The first kappa shape index (κ1) is 19.5. The number of ether oxygens (including phenoxy) is 2. The number of carbonyl (C=O) groups is 1. The zero-order valence-electron chi connectivity index (χ0n) is 16.6. The largest absolute Gasteiger partial charge is 0.493 e. The second-order valence-electron chi connectivity index (χ2n) is 7.36. The van der Waals surface area contributed by atoms with Gasteiger partial charge >= 0.3 is 0 Å². The summed E-state index contributed by atoms with van der Waals surface area (Å²) < 4.78 is 11.7. The Morgan fingerprint density at radius 3 is 2.48 bits per heavy atom. The fourth-order valence-corrected chi connectivity index (χ4v) is 3.75. The molecule has 1 aliphatic carbocycles. The van der Waals surface area contributed by atoms with Crippen LogP contribution < -0.4 is 14.8 Å². The van der Waals surface area contributed by atoms with Crippen LogP contribution in [-0.4, -0.2) is 17.5 Å². The van der Waals surface area contributed by atoms with E-state index < -0.39 is 0 Å². The molecule has 0 bridgehead atoms. The molecule has 29 heavy (non-hydrogen) atoms. The maximum Gasteiger partial charge on any atom is 0.217 e. The standard InChI is InChI=1S/C23H24N2O3S/c1-15(25-16(2)26)18-5-11-21(12-6-18)28-22-13-24-23(29-22)19-7-9-20(10-8-19)27-14-17-3-4-17/h5-13,15,17H,3-4,14H2,1-2H3,(H,25,26). The lowest BCUT2D eigenvalue weighted by Crippen LogP contribution is -2.23. The average molecular weight is 409 g/mol. The fraction of sp³-hybridized carbons (Fsp3) is 0.304. The Balaban J connectivity index is 1.36. The summed E-state index contributed by atoms with van der Waals surface area (Å²) in [4.78, 5) is 15.7. The van der Waals surface area contributed by atoms with Crippen LogP contribution in [0.4, 0.5) is 0 Å². The maximum atomic E-state index is 11.2. The molecule has 0 radical (unpaired) electrons. The molecule has 1 heterocycles. The van der Waals surface area contributed by atoms with E-state index in [1.807, 2.05) is 55.5 Å². The Hall–Kier alpha value is -2.86. The number of aromatic nitrogens is 1. The number of nitrogens with zero attached hydrogens (tertiary/aromatic N) is 1. The minimum absolute atomic E-state index is 0.0345. The summed E-state index contributed by atoms with van der Waals surface area (Å²) in [5.41, 5.74) is 2.07. The van der Waals surface area contributed by atoms with E-state index in [0.29, 0.717) is 0 Å². The van der Waals surface area contributed by atoms with Crippen LogP contribution in [-0.2, 0) is 4.79 Å². The third-order valence-corrected chi connectivity index (χ3v) is 5.71. The van der Waals surface area contributed by atoms with Crippen molar-refractivity contribution >= 4 is 17.2 Å². The van der Waals surface area contributed by atoms with Gasteiger partial charge in [0.1, 0.15) is 16.5 Å². The lowest BCUT2D eigenvalue weighted by atomic mass is 10.1. The van der Waals surface area contributed by atoms with Crippen molar-refractivity contribution in [3.63, 3.8) is 0 Å². The first-order chi connectivity index (χ1) is 14.1. The van der Waals surface area contributed by atoms with E-state index in [0.717, 1.165) is 45.2 Å². The van der Waals surface area contributed by atoms with Gasteiger partial charge < -0.3 is 14.8 Å². The number of hydrogen-bond acceptors (Lipinski definition) is 5. The van der Waals surface area contributed by atoms with Crippen molar-refractivity contribution in [1.82, 2.24) is 10.3 Å². The zero-order chi connectivity index (χ0) is 20.2. The summed E-state index contributed by atoms with van der Waals surface area (Å²) in [6.45, 7) is 4.29. The molecule has 0 saturated heterocycles. The van der Waals surface area contributed by atoms with E-state index >= 15 is 0 Å². The predicted molar refractivity (Wildman–Crippen MR) is 115 cm³/mol. The molecule has 3 aromatic rings. The summed E-state index contributed by atoms with van der Waals surface area (Å²) in [6, 6.07) is 15.7. The van der Waals surface area contributed by atoms with E-state index in [9.17, 15) is 4.79 Å². The first-order valence-electron chi connectivity index (χ1n) is 9.81. The number of carbonyl (C=O) groups excluding carboxylic acids is 1. The van der Waals surface area contributed by atoms with Crippen LogP contribution in [0, 0.1) is 5.92 Å². The smallest absolute Gasteiger partial charge is 0.217 e. The van der Waals surface area contributed by atoms with Gasteiger partial charge in [-0.2, -0.15) is 0 Å². The van der Waals surface area contributed by atoms with Gasteiger partial charge in [-0.25, -0.2) is 4.98 Å². The highest BCUT2D eigenvalue weighted by Gasteiger charge is 2.21. The summed E-state index contributed by atoms with van der Waals surface area (Å²) >= 11 is 1.50. The molecule has 4 rings (SSSR count). The third-order valence-electron chi connectivity index (χ3n) is 4.79. The van der Waals surface area contributed by atoms with Gasteiger partial charge in [0.25, 0.3) is 0 Å². The highest BCUT2D eigenvalue weighted by molar-refractivity contribution is 7.16. The molecular weight excluding hydrogens is 384 g/mol. The van der Waals surface area contributed by atoms with Crippen LogP contribution >= 0.6 is 11.3 Å². The summed E-state index contributed by atoms with van der Waals surface area (Å²) in [5.74, 6) is 2.35. The quantitative estimate of drug-likeness (QED) is 0.528. The van der Waals surface area contributed by atoms with Gasteiger partial charge in [-0.1, -0.05) is 23.5 Å². The lowest BCUT2D eigenvalue weighted by molar-refractivity contribution is -0.119. The number of thiazole rings is 1. The van der Waals surface area contributed by atoms with E-state index in [-0.39, 0.29) is 11.9 Å². The minimum Gasteiger partial charge on any atom is -0.493 e. The summed E-state index contributed by atoms with van der Waals surface area (Å²) in [6.07, 6.45) is 4.32. The van der Waals surface area contributed by atoms with Crippen LogP contribution in [0.25, 0.3) is 10.6 Å². The fourth-order valence-electron chi connectivity index (χ4n) is 2.96. The molecule has 1 aliphatic rings. The summed E-state index contributed by atoms with van der Waals surface area (Å²) in [7, 11) is 0. The van der Waals surface area contributed by atoms with Gasteiger partial charge in [0, 0.05) is 12.5 Å². The van der Waals surface area contributed by atoms with Gasteiger partial charge in [-0.05, 0) is 67.6 Å². The van der Waals surface area contributed by atoms with Gasteiger partial charge in [0.15, 0.2) is 0 Å². The number of benzene rings is 2. The van der Waals surface area contributed by atoms with E-state index in [1.165, 1.54) is 31.1 Å². The van der Waals surface area contributed by atoms with Crippen LogP contribution in [0.1, 0.15) is 38.3 Å². The molecular formula is C23H24N2O3S. The molecule has 2 aromatic carbocycles. The molecule has 0 spiro atoms. The Morgan fingerprint density at radius 1 is 1.14 bits per heavy atom. The van der Waals surface area contributed by atoms with Gasteiger partial charge in [0.2, 0.25) is 11.0 Å². The second kappa shape index (κ2) is 8.66. The highest BCUT2D eigenvalue weighted by atomic mass is 32.1. The Labute approximate surface area is 174 Å². The number of amides is 1. The average Bonchev–Trinajstić information content (AvgIpc) is 3.44. The molecule has 1 aromatic heterocycles. The van der Waals surface area contributed by atoms with Crippen molar-refractivity contribution in [2.45, 2.75) is 32.7 Å². The third kappa shape index (κ3) is 5.35. The molecule has 1 N–H and O–H groups in total. The first-order valence-corrected chi connectivity index (χ1v) is 10.6. The molecule has 1 atom stereocenters. The maximum absolute atomic E-state index is 11.2. The van der Waals surface area contributed by atoms with Crippen molar-refractivity contribution < 1.29 is 14.3 Å². The predicted octanol–water partition coefficient (Wildman–Crippen LogP) is 5.59. The summed E-state index contributed by atoms with van der Waals surface area (Å²) in [5, 5.41) is 4.51. The van der Waals surface area contributed by atoms with Crippen LogP contribution in [0.5, 0.6) is 16.6 Å². The highest BCUT2D eigenvalue weighted by Crippen LogP contribution is 2.34. The molecule has 6 heteroatoms. The monoisotopic (exact) mass is 408 g/mol. The second-order valence-corrected chi connectivity index (χ2v) is 8.35. The SMILES string of the molecule is CC(=O)NC(C)c1ccc(Oc2cnc(-c3ccc(OCC4CC4)cc3)s2)cc1. The lowest BCUT2D eigenvalue weighted by Gasteiger charge is -2.13. The van der Waals surface area contributed by atoms with Crippen molar-refractivity contribution in [2.75, 3.05) is 6.61 Å². The normalized spacial score (nSPS) is 14.3.